The van der Waals surface area contributed by atoms with Crippen molar-refractivity contribution in [3.63, 3.8) is 0 Å². The van der Waals surface area contributed by atoms with Gasteiger partial charge in [-0.3, -0.25) is 0 Å². The molecule has 1 aliphatic rings. The molecule has 0 radical (unpaired) electrons. The number of hydrogen-bond donors (Lipinski definition) is 1. The Morgan fingerprint density at radius 3 is 2.19 bits per heavy atom. The van der Waals surface area contributed by atoms with Gasteiger partial charge in [0.25, 0.3) is 0 Å². The van der Waals surface area contributed by atoms with Crippen LogP contribution in [0.1, 0.15) is 24.8 Å². The van der Waals surface area contributed by atoms with E-state index in [4.69, 9.17) is 0 Å². The van der Waals surface area contributed by atoms with Crippen LogP contribution < -0.4 is 0 Å². The number of aliphatic hydroxyl groups excluding tert-OH is 1. The zero-order valence-electron chi connectivity index (χ0n) is 10.7. The Kier molecular flexibility index (Phi) is 2.75. The lowest BCUT2D eigenvalue weighted by atomic mass is 10.1. The minimum absolute atomic E-state index is 0.177. The average Bonchev–Trinajstić information content (AvgIpc) is 2.94. The molecular formula is C14H22OSi. The smallest absolute Gasteiger partial charge is 0.0550 e. The average molecular weight is 234 g/mol. The summed E-state index contributed by atoms with van der Waals surface area (Å²) in [4.78, 5) is 0. The van der Waals surface area contributed by atoms with E-state index < -0.39 is 8.07 Å². The Hall–Kier alpha value is -0.603. The van der Waals surface area contributed by atoms with Crippen LogP contribution in [0.25, 0.3) is 0 Å². The summed E-state index contributed by atoms with van der Waals surface area (Å²) in [6.07, 6.45) is 0.995. The molecule has 1 fully saturated rings. The van der Waals surface area contributed by atoms with E-state index in [1.54, 1.807) is 0 Å². The third-order valence-electron chi connectivity index (χ3n) is 4.35. The molecule has 0 heterocycles. The van der Waals surface area contributed by atoms with Crippen LogP contribution in [0.2, 0.25) is 24.7 Å². The highest BCUT2D eigenvalue weighted by atomic mass is 28.3. The van der Waals surface area contributed by atoms with Crippen molar-refractivity contribution in [2.24, 2.45) is 0 Å². The van der Waals surface area contributed by atoms with Crippen LogP contribution in [0.15, 0.2) is 30.3 Å². The van der Waals surface area contributed by atoms with E-state index in [1.807, 2.05) is 6.92 Å². The maximum atomic E-state index is 10.1. The van der Waals surface area contributed by atoms with Gasteiger partial charge in [-0.15, -0.1) is 0 Å². The Morgan fingerprint density at radius 2 is 1.81 bits per heavy atom. The van der Waals surface area contributed by atoms with Gasteiger partial charge in [-0.2, -0.15) is 0 Å². The van der Waals surface area contributed by atoms with Crippen molar-refractivity contribution in [3.05, 3.63) is 35.9 Å². The second-order valence-electron chi connectivity index (χ2n) is 6.13. The molecule has 1 saturated carbocycles. The van der Waals surface area contributed by atoms with E-state index in [0.29, 0.717) is 5.92 Å². The van der Waals surface area contributed by atoms with Crippen LogP contribution in [0.4, 0.5) is 0 Å². The largest absolute Gasteiger partial charge is 0.393 e. The highest BCUT2D eigenvalue weighted by molar-refractivity contribution is 6.80. The summed E-state index contributed by atoms with van der Waals surface area (Å²) in [5.74, 6) is 0.584. The maximum absolute atomic E-state index is 10.1. The predicted molar refractivity (Wildman–Crippen MR) is 71.5 cm³/mol. The minimum Gasteiger partial charge on any atom is -0.393 e. The lowest BCUT2D eigenvalue weighted by Gasteiger charge is -2.33. The Morgan fingerprint density at radius 1 is 1.25 bits per heavy atom. The fourth-order valence-corrected chi connectivity index (χ4v) is 6.58. The summed E-state index contributed by atoms with van der Waals surface area (Å²) in [5.41, 5.74) is 1.41. The summed E-state index contributed by atoms with van der Waals surface area (Å²) in [6, 6.07) is 10.7. The molecular weight excluding hydrogens is 212 g/mol. The quantitative estimate of drug-likeness (QED) is 0.792. The molecule has 0 spiro atoms. The van der Waals surface area contributed by atoms with Gasteiger partial charge in [0.05, 0.1) is 14.2 Å². The van der Waals surface area contributed by atoms with Gasteiger partial charge in [0, 0.05) is 0 Å². The molecule has 0 amide bonds. The maximum Gasteiger partial charge on any atom is 0.0550 e. The predicted octanol–water partition coefficient (Wildman–Crippen LogP) is 3.63. The van der Waals surface area contributed by atoms with Gasteiger partial charge in [-0.05, 0) is 29.9 Å². The molecule has 0 aromatic heterocycles. The van der Waals surface area contributed by atoms with Crippen LogP contribution >= 0.6 is 0 Å². The van der Waals surface area contributed by atoms with Crippen LogP contribution in [0.5, 0.6) is 0 Å². The lowest BCUT2D eigenvalue weighted by Crippen LogP contribution is -2.38. The first-order chi connectivity index (χ1) is 7.39. The molecule has 88 valence electrons. The van der Waals surface area contributed by atoms with Gasteiger partial charge in [-0.25, -0.2) is 0 Å². The second kappa shape index (κ2) is 3.71. The Labute approximate surface area is 99.5 Å². The van der Waals surface area contributed by atoms with Crippen molar-refractivity contribution < 1.29 is 5.11 Å². The molecule has 16 heavy (non-hydrogen) atoms. The number of rotatable bonds is 3. The summed E-state index contributed by atoms with van der Waals surface area (Å²) in [5, 5.41) is 10.3. The first kappa shape index (κ1) is 11.9. The third-order valence-corrected chi connectivity index (χ3v) is 8.11. The molecule has 1 aromatic carbocycles. The van der Waals surface area contributed by atoms with E-state index in [1.165, 1.54) is 12.0 Å². The summed E-state index contributed by atoms with van der Waals surface area (Å²) in [7, 11) is -1.33. The molecule has 2 rings (SSSR count). The van der Waals surface area contributed by atoms with Gasteiger partial charge >= 0.3 is 0 Å². The van der Waals surface area contributed by atoms with E-state index in [0.717, 1.165) is 0 Å². The van der Waals surface area contributed by atoms with Gasteiger partial charge in [0.2, 0.25) is 0 Å². The standard InChI is InChI=1S/C14H22OSi/c1-11(15)14(16(2,3)4)10-13(14)12-8-6-5-7-9-12/h5-9,11,13,15H,10H2,1-4H3/t11?,13-,14-/m0/s1. The van der Waals surface area contributed by atoms with E-state index in [2.05, 4.69) is 50.0 Å². The van der Waals surface area contributed by atoms with E-state index >= 15 is 0 Å². The fraction of sp³-hybridized carbons (Fsp3) is 0.571. The van der Waals surface area contributed by atoms with Gasteiger partial charge < -0.3 is 5.11 Å². The SMILES string of the molecule is CC(O)[C@@]1([Si](C)(C)C)C[C@H]1c1ccccc1. The number of hydrogen-bond acceptors (Lipinski definition) is 1. The minimum atomic E-state index is -1.33. The van der Waals surface area contributed by atoms with Crippen molar-refractivity contribution in [2.75, 3.05) is 0 Å². The Bertz CT molecular complexity index is 366. The monoisotopic (exact) mass is 234 g/mol. The van der Waals surface area contributed by atoms with Crippen molar-refractivity contribution in [2.45, 2.75) is 50.0 Å². The molecule has 0 aliphatic heterocycles. The van der Waals surface area contributed by atoms with Gasteiger partial charge in [0.1, 0.15) is 0 Å². The first-order valence-corrected chi connectivity index (χ1v) is 9.62. The molecule has 1 N–H and O–H groups in total. The fourth-order valence-electron chi connectivity index (χ4n) is 3.30. The van der Waals surface area contributed by atoms with Crippen LogP contribution in [-0.4, -0.2) is 19.3 Å². The zero-order valence-corrected chi connectivity index (χ0v) is 11.7. The van der Waals surface area contributed by atoms with Gasteiger partial charge in [-0.1, -0.05) is 50.0 Å². The molecule has 0 saturated heterocycles. The zero-order chi connectivity index (χ0) is 12.0. The molecule has 3 atom stereocenters. The number of aliphatic hydroxyl groups is 1. The highest BCUT2D eigenvalue weighted by Gasteiger charge is 2.64. The molecule has 1 aromatic rings. The Balaban J connectivity index is 2.30. The summed E-state index contributed by atoms with van der Waals surface area (Å²) < 4.78 is 0. The lowest BCUT2D eigenvalue weighted by molar-refractivity contribution is 0.172. The first-order valence-electron chi connectivity index (χ1n) is 6.12. The molecule has 1 unspecified atom stereocenters. The molecule has 0 bridgehead atoms. The van der Waals surface area contributed by atoms with Crippen LogP contribution in [0, 0.1) is 0 Å². The van der Waals surface area contributed by atoms with E-state index in [9.17, 15) is 5.11 Å². The van der Waals surface area contributed by atoms with Gasteiger partial charge in [0.15, 0.2) is 0 Å². The normalized spacial score (nSPS) is 31.2. The highest BCUT2D eigenvalue weighted by Crippen LogP contribution is 2.72. The van der Waals surface area contributed by atoms with Crippen molar-refractivity contribution in [3.8, 4) is 0 Å². The summed E-state index contributed by atoms with van der Waals surface area (Å²) >= 11 is 0. The van der Waals surface area contributed by atoms with Crippen LogP contribution in [-0.2, 0) is 0 Å². The third kappa shape index (κ3) is 1.64. The number of benzene rings is 1. The second-order valence-corrected chi connectivity index (χ2v) is 11.6. The van der Waals surface area contributed by atoms with Crippen molar-refractivity contribution in [1.82, 2.24) is 0 Å². The molecule has 2 heteroatoms. The van der Waals surface area contributed by atoms with E-state index in [-0.39, 0.29) is 11.1 Å². The summed E-state index contributed by atoms with van der Waals surface area (Å²) in [6.45, 7) is 9.11. The van der Waals surface area contributed by atoms with Crippen molar-refractivity contribution >= 4 is 8.07 Å². The van der Waals surface area contributed by atoms with Crippen molar-refractivity contribution in [1.29, 1.82) is 0 Å². The topological polar surface area (TPSA) is 20.2 Å². The van der Waals surface area contributed by atoms with Crippen LogP contribution in [0.3, 0.4) is 0 Å². The molecule has 1 nitrogen and oxygen atoms in total. The molecule has 1 aliphatic carbocycles.